The molecule has 0 saturated heterocycles. The smallest absolute Gasteiger partial charge is 0.128 e. The molecule has 0 nitrogen and oxygen atoms in total. The van der Waals surface area contributed by atoms with Gasteiger partial charge in [0, 0.05) is 10.4 Å². The van der Waals surface area contributed by atoms with Crippen LogP contribution in [0.25, 0.3) is 0 Å². The highest BCUT2D eigenvalue weighted by atomic mass is 79.9. The van der Waals surface area contributed by atoms with Crippen LogP contribution in [-0.4, -0.2) is 0 Å². The summed E-state index contributed by atoms with van der Waals surface area (Å²) in [5.41, 5.74) is 1.04. The van der Waals surface area contributed by atoms with E-state index in [1.54, 1.807) is 0 Å². The number of halogens is 3. The molecule has 0 amide bonds. The van der Waals surface area contributed by atoms with Crippen molar-refractivity contribution in [2.45, 2.75) is 18.2 Å². The first-order valence-electron chi connectivity index (χ1n) is 4.22. The zero-order valence-corrected chi connectivity index (χ0v) is 8.74. The first kappa shape index (κ1) is 9.13. The predicted molar refractivity (Wildman–Crippen MR) is 50.9 cm³/mol. The zero-order chi connectivity index (χ0) is 9.59. The predicted octanol–water partition coefficient (Wildman–Crippen LogP) is 3.59. The van der Waals surface area contributed by atoms with Gasteiger partial charge >= 0.3 is 0 Å². The van der Waals surface area contributed by atoms with Crippen LogP contribution in [0.15, 0.2) is 12.1 Å². The Morgan fingerprint density at radius 1 is 1.31 bits per heavy atom. The molecule has 0 saturated carbocycles. The summed E-state index contributed by atoms with van der Waals surface area (Å²) in [6.07, 6.45) is 0.620. The molecule has 13 heavy (non-hydrogen) atoms. The van der Waals surface area contributed by atoms with Crippen molar-refractivity contribution in [1.82, 2.24) is 0 Å². The Balaban J connectivity index is 2.61. The van der Waals surface area contributed by atoms with Crippen molar-refractivity contribution in [2.24, 2.45) is 5.92 Å². The molecule has 0 fully saturated rings. The highest BCUT2D eigenvalue weighted by Gasteiger charge is 2.32. The van der Waals surface area contributed by atoms with Crippen LogP contribution in [0.4, 0.5) is 8.78 Å². The molecule has 0 N–H and O–H groups in total. The molecule has 0 aliphatic heterocycles. The maximum atomic E-state index is 13.3. The van der Waals surface area contributed by atoms with Crippen LogP contribution in [0.3, 0.4) is 0 Å². The molecule has 0 radical (unpaired) electrons. The maximum absolute atomic E-state index is 13.3. The summed E-state index contributed by atoms with van der Waals surface area (Å²) >= 11 is 3.38. The van der Waals surface area contributed by atoms with E-state index < -0.39 is 0 Å². The van der Waals surface area contributed by atoms with Gasteiger partial charge in [0.25, 0.3) is 0 Å². The molecule has 0 heterocycles. The molecule has 2 unspecified atom stereocenters. The van der Waals surface area contributed by atoms with Crippen molar-refractivity contribution in [1.29, 1.82) is 0 Å². The first-order valence-corrected chi connectivity index (χ1v) is 5.13. The number of hydrogen-bond acceptors (Lipinski definition) is 0. The fourth-order valence-corrected chi connectivity index (χ4v) is 2.51. The lowest BCUT2D eigenvalue weighted by atomic mass is 10.1. The Kier molecular flexibility index (Phi) is 2.14. The van der Waals surface area contributed by atoms with Crippen LogP contribution >= 0.6 is 15.9 Å². The second-order valence-electron chi connectivity index (χ2n) is 3.50. The summed E-state index contributed by atoms with van der Waals surface area (Å²) in [6.45, 7) is 1.98. The minimum absolute atomic E-state index is 0.0433. The molecule has 1 aromatic rings. The van der Waals surface area contributed by atoms with Gasteiger partial charge in [-0.25, -0.2) is 8.78 Å². The minimum Gasteiger partial charge on any atom is -0.207 e. The third-order valence-corrected chi connectivity index (χ3v) is 3.91. The van der Waals surface area contributed by atoms with E-state index in [-0.39, 0.29) is 22.4 Å². The normalized spacial score (nSPS) is 26.2. The van der Waals surface area contributed by atoms with Gasteiger partial charge in [-0.15, -0.1) is 0 Å². The Morgan fingerprint density at radius 3 is 2.54 bits per heavy atom. The minimum atomic E-state index is -0.303. The Morgan fingerprint density at radius 2 is 1.92 bits per heavy atom. The third-order valence-electron chi connectivity index (χ3n) is 2.55. The summed E-state index contributed by atoms with van der Waals surface area (Å²) in [7, 11) is 0. The standard InChI is InChI=1S/C10H9BrF2/c1-5-4-6-7(12)2-3-8(13)9(6)10(5)11/h2-3,5,10H,4H2,1H3. The number of fused-ring (bicyclic) bond motifs is 1. The summed E-state index contributed by atoms with van der Waals surface area (Å²) in [4.78, 5) is -0.0433. The number of hydrogen-bond donors (Lipinski definition) is 0. The van der Waals surface area contributed by atoms with Gasteiger partial charge in [0.1, 0.15) is 11.6 Å². The summed E-state index contributed by atoms with van der Waals surface area (Å²) in [6, 6.07) is 2.40. The quantitative estimate of drug-likeness (QED) is 0.614. The van der Waals surface area contributed by atoms with E-state index in [2.05, 4.69) is 15.9 Å². The van der Waals surface area contributed by atoms with E-state index in [1.165, 1.54) is 12.1 Å². The molecule has 70 valence electrons. The van der Waals surface area contributed by atoms with Gasteiger partial charge in [0.2, 0.25) is 0 Å². The summed E-state index contributed by atoms with van der Waals surface area (Å²) in [5, 5.41) is 0. The lowest BCUT2D eigenvalue weighted by molar-refractivity contribution is 0.584. The fraction of sp³-hybridized carbons (Fsp3) is 0.400. The summed E-state index contributed by atoms with van der Waals surface area (Å²) < 4.78 is 26.5. The van der Waals surface area contributed by atoms with Gasteiger partial charge in [-0.1, -0.05) is 22.9 Å². The lowest BCUT2D eigenvalue weighted by Gasteiger charge is -2.07. The van der Waals surface area contributed by atoms with Crippen LogP contribution in [0.5, 0.6) is 0 Å². The van der Waals surface area contributed by atoms with Crippen LogP contribution in [0, 0.1) is 17.6 Å². The second kappa shape index (κ2) is 3.05. The van der Waals surface area contributed by atoms with Gasteiger partial charge in [-0.3, -0.25) is 0 Å². The molecule has 0 aromatic heterocycles. The van der Waals surface area contributed by atoms with Crippen LogP contribution < -0.4 is 0 Å². The fourth-order valence-electron chi connectivity index (χ4n) is 1.83. The molecular formula is C10H9BrF2. The topological polar surface area (TPSA) is 0 Å². The van der Waals surface area contributed by atoms with Crippen molar-refractivity contribution in [3.63, 3.8) is 0 Å². The number of rotatable bonds is 0. The van der Waals surface area contributed by atoms with Crippen LogP contribution in [-0.2, 0) is 6.42 Å². The Hall–Kier alpha value is -0.440. The van der Waals surface area contributed by atoms with E-state index in [1.807, 2.05) is 6.92 Å². The van der Waals surface area contributed by atoms with Gasteiger partial charge in [-0.2, -0.15) is 0 Å². The van der Waals surface area contributed by atoms with Crippen molar-refractivity contribution in [2.75, 3.05) is 0 Å². The van der Waals surface area contributed by atoms with Crippen LogP contribution in [0.2, 0.25) is 0 Å². The molecule has 1 aliphatic carbocycles. The molecule has 1 aliphatic rings. The van der Waals surface area contributed by atoms with Gasteiger partial charge in [0.05, 0.1) is 0 Å². The summed E-state index contributed by atoms with van der Waals surface area (Å²) in [5.74, 6) is -0.325. The molecule has 3 heteroatoms. The number of alkyl halides is 1. The monoisotopic (exact) mass is 246 g/mol. The van der Waals surface area contributed by atoms with E-state index in [9.17, 15) is 8.78 Å². The largest absolute Gasteiger partial charge is 0.207 e. The third kappa shape index (κ3) is 1.30. The maximum Gasteiger partial charge on any atom is 0.128 e. The average Bonchev–Trinajstić information content (AvgIpc) is 2.38. The van der Waals surface area contributed by atoms with Crippen molar-refractivity contribution < 1.29 is 8.78 Å². The molecule has 0 spiro atoms. The molecule has 1 aromatic carbocycles. The SMILES string of the molecule is CC1Cc2c(F)ccc(F)c2C1Br. The van der Waals surface area contributed by atoms with Gasteiger partial charge in [-0.05, 0) is 30.0 Å². The first-order chi connectivity index (χ1) is 6.11. The van der Waals surface area contributed by atoms with E-state index in [4.69, 9.17) is 0 Å². The van der Waals surface area contributed by atoms with E-state index in [0.29, 0.717) is 17.5 Å². The Bertz CT molecular complexity index is 349. The number of benzene rings is 1. The van der Waals surface area contributed by atoms with Gasteiger partial charge < -0.3 is 0 Å². The molecule has 2 rings (SSSR count). The van der Waals surface area contributed by atoms with Crippen molar-refractivity contribution in [3.8, 4) is 0 Å². The highest BCUT2D eigenvalue weighted by molar-refractivity contribution is 9.09. The van der Waals surface area contributed by atoms with Crippen molar-refractivity contribution in [3.05, 3.63) is 34.9 Å². The molecule has 2 atom stereocenters. The van der Waals surface area contributed by atoms with Crippen LogP contribution in [0.1, 0.15) is 22.9 Å². The van der Waals surface area contributed by atoms with Crippen molar-refractivity contribution >= 4 is 15.9 Å². The van der Waals surface area contributed by atoms with Gasteiger partial charge in [0.15, 0.2) is 0 Å². The van der Waals surface area contributed by atoms with E-state index in [0.717, 1.165) is 0 Å². The molecule has 0 bridgehead atoms. The average molecular weight is 247 g/mol. The molecular weight excluding hydrogens is 238 g/mol. The second-order valence-corrected chi connectivity index (χ2v) is 4.49. The highest BCUT2D eigenvalue weighted by Crippen LogP contribution is 2.43. The lowest BCUT2D eigenvalue weighted by Crippen LogP contribution is -1.95. The van der Waals surface area contributed by atoms with E-state index >= 15 is 0 Å². The zero-order valence-electron chi connectivity index (χ0n) is 7.15. The Labute approximate surface area is 84.1 Å².